The van der Waals surface area contributed by atoms with E-state index < -0.39 is 40.4 Å². The van der Waals surface area contributed by atoms with Crippen molar-refractivity contribution >= 4 is 5.97 Å². The fourth-order valence-electron chi connectivity index (χ4n) is 2.46. The van der Waals surface area contributed by atoms with Gasteiger partial charge in [-0.15, -0.1) is 0 Å². The molecular formula is C21H21F5O3. The molecule has 0 saturated carbocycles. The highest BCUT2D eigenvalue weighted by atomic mass is 19.4. The van der Waals surface area contributed by atoms with Gasteiger partial charge in [0, 0.05) is 11.1 Å². The second kappa shape index (κ2) is 8.00. The molecule has 0 aliphatic heterocycles. The summed E-state index contributed by atoms with van der Waals surface area (Å²) in [5.41, 5.74) is -3.33. The van der Waals surface area contributed by atoms with Gasteiger partial charge in [0.15, 0.2) is 5.60 Å². The molecule has 2 rings (SSSR count). The van der Waals surface area contributed by atoms with E-state index in [9.17, 15) is 26.7 Å². The Bertz CT molecular complexity index is 838. The van der Waals surface area contributed by atoms with Crippen LogP contribution in [0.3, 0.4) is 0 Å². The van der Waals surface area contributed by atoms with E-state index in [1.807, 2.05) is 0 Å². The van der Waals surface area contributed by atoms with Crippen LogP contribution >= 0.6 is 0 Å². The molecule has 0 fully saturated rings. The largest absolute Gasteiger partial charge is 0.476 e. The Hall–Kier alpha value is -2.64. The van der Waals surface area contributed by atoms with Gasteiger partial charge in [-0.2, -0.15) is 22.0 Å². The zero-order valence-electron chi connectivity index (χ0n) is 16.3. The molecule has 0 heterocycles. The molecule has 0 radical (unpaired) electrons. The average Bonchev–Trinajstić information content (AvgIpc) is 2.60. The van der Waals surface area contributed by atoms with Gasteiger partial charge >= 0.3 is 12.1 Å². The van der Waals surface area contributed by atoms with Gasteiger partial charge in [-0.3, -0.25) is 0 Å². The zero-order chi connectivity index (χ0) is 22.0. The van der Waals surface area contributed by atoms with Gasteiger partial charge < -0.3 is 9.47 Å². The normalized spacial score (nSPS) is 12.8. The van der Waals surface area contributed by atoms with Crippen molar-refractivity contribution in [2.45, 2.75) is 51.5 Å². The highest BCUT2D eigenvalue weighted by Crippen LogP contribution is 2.38. The molecule has 2 aromatic rings. The lowest BCUT2D eigenvalue weighted by atomic mass is 9.99. The number of ether oxygens (including phenoxy) is 2. The van der Waals surface area contributed by atoms with Gasteiger partial charge in [0.25, 0.3) is 5.92 Å². The molecule has 8 heteroatoms. The highest BCUT2D eigenvalue weighted by Gasteiger charge is 2.37. The summed E-state index contributed by atoms with van der Waals surface area (Å²) in [7, 11) is 0. The third-order valence-electron chi connectivity index (χ3n) is 4.00. The molecule has 0 aliphatic rings. The van der Waals surface area contributed by atoms with Crippen LogP contribution in [0.5, 0.6) is 5.75 Å². The molecule has 0 saturated heterocycles. The Morgan fingerprint density at radius 3 is 1.62 bits per heavy atom. The SMILES string of the molecule is CC(C)OC(=O)C(C)(C)Oc1ccc(C(F)(F)c2ccc(C(F)(F)F)cc2)cc1. The van der Waals surface area contributed by atoms with Crippen LogP contribution in [0.4, 0.5) is 22.0 Å². The Morgan fingerprint density at radius 2 is 1.21 bits per heavy atom. The molecule has 0 unspecified atom stereocenters. The summed E-state index contributed by atoms with van der Waals surface area (Å²) in [4.78, 5) is 12.0. The van der Waals surface area contributed by atoms with Crippen LogP contribution in [-0.4, -0.2) is 17.7 Å². The van der Waals surface area contributed by atoms with E-state index in [-0.39, 0.29) is 11.9 Å². The maximum absolute atomic E-state index is 14.7. The molecule has 0 aliphatic carbocycles. The molecule has 0 bridgehead atoms. The smallest absolute Gasteiger partial charge is 0.416 e. The minimum atomic E-state index is -4.60. The lowest BCUT2D eigenvalue weighted by Gasteiger charge is -2.26. The van der Waals surface area contributed by atoms with Gasteiger partial charge in [0.2, 0.25) is 0 Å². The third-order valence-corrected chi connectivity index (χ3v) is 4.00. The van der Waals surface area contributed by atoms with Gasteiger partial charge in [-0.1, -0.05) is 12.1 Å². The fraction of sp³-hybridized carbons (Fsp3) is 0.381. The minimum absolute atomic E-state index is 0.169. The van der Waals surface area contributed by atoms with Crippen molar-refractivity contribution in [1.29, 1.82) is 0 Å². The van der Waals surface area contributed by atoms with E-state index in [1.54, 1.807) is 13.8 Å². The second-order valence-corrected chi connectivity index (χ2v) is 7.24. The summed E-state index contributed by atoms with van der Waals surface area (Å²) in [6.45, 7) is 6.35. The summed E-state index contributed by atoms with van der Waals surface area (Å²) in [5, 5.41) is 0. The second-order valence-electron chi connectivity index (χ2n) is 7.24. The van der Waals surface area contributed by atoms with E-state index in [2.05, 4.69) is 0 Å². The van der Waals surface area contributed by atoms with Gasteiger partial charge in [0.1, 0.15) is 5.75 Å². The molecule has 3 nitrogen and oxygen atoms in total. The summed E-state index contributed by atoms with van der Waals surface area (Å²) in [6, 6.07) is 7.44. The first-order valence-electron chi connectivity index (χ1n) is 8.79. The molecule has 0 amide bonds. The molecule has 0 atom stereocenters. The fourth-order valence-corrected chi connectivity index (χ4v) is 2.46. The first-order chi connectivity index (χ1) is 13.2. The van der Waals surface area contributed by atoms with E-state index in [1.165, 1.54) is 26.0 Å². The van der Waals surface area contributed by atoms with Crippen molar-refractivity contribution < 1.29 is 36.2 Å². The van der Waals surface area contributed by atoms with Crippen molar-refractivity contribution in [3.63, 3.8) is 0 Å². The lowest BCUT2D eigenvalue weighted by molar-refractivity contribution is -0.163. The Kier molecular flexibility index (Phi) is 6.25. The van der Waals surface area contributed by atoms with E-state index in [0.29, 0.717) is 12.1 Å². The molecular weight excluding hydrogens is 395 g/mol. The van der Waals surface area contributed by atoms with Crippen molar-refractivity contribution in [3.05, 3.63) is 65.2 Å². The number of esters is 1. The van der Waals surface area contributed by atoms with Gasteiger partial charge in [-0.25, -0.2) is 4.79 Å². The van der Waals surface area contributed by atoms with Gasteiger partial charge in [0.05, 0.1) is 11.7 Å². The van der Waals surface area contributed by atoms with E-state index in [0.717, 1.165) is 24.3 Å². The number of benzene rings is 2. The maximum atomic E-state index is 14.7. The number of alkyl halides is 5. The van der Waals surface area contributed by atoms with Crippen LogP contribution in [0, 0.1) is 0 Å². The number of rotatable bonds is 6. The van der Waals surface area contributed by atoms with Crippen molar-refractivity contribution in [1.82, 2.24) is 0 Å². The van der Waals surface area contributed by atoms with Crippen LogP contribution in [0.2, 0.25) is 0 Å². The summed E-state index contributed by atoms with van der Waals surface area (Å²) in [5.74, 6) is -3.94. The third kappa shape index (κ3) is 5.46. The van der Waals surface area contributed by atoms with Crippen LogP contribution in [0.25, 0.3) is 0 Å². The topological polar surface area (TPSA) is 35.5 Å². The first kappa shape index (κ1) is 22.6. The Morgan fingerprint density at radius 1 is 0.793 bits per heavy atom. The summed E-state index contributed by atoms with van der Waals surface area (Å²) < 4.78 is 77.8. The summed E-state index contributed by atoms with van der Waals surface area (Å²) in [6.07, 6.45) is -4.94. The van der Waals surface area contributed by atoms with Crippen LogP contribution < -0.4 is 4.74 Å². The molecule has 2 aromatic carbocycles. The summed E-state index contributed by atoms with van der Waals surface area (Å²) >= 11 is 0. The standard InChI is InChI=1S/C21H21F5O3/c1-13(2)28-18(27)19(3,4)29-17-11-9-15(10-12-17)20(22,23)14-5-7-16(8-6-14)21(24,25)26/h5-13H,1-4H3. The van der Waals surface area contributed by atoms with E-state index >= 15 is 0 Å². The zero-order valence-corrected chi connectivity index (χ0v) is 16.3. The van der Waals surface area contributed by atoms with E-state index in [4.69, 9.17) is 9.47 Å². The average molecular weight is 416 g/mol. The number of hydrogen-bond donors (Lipinski definition) is 0. The number of hydrogen-bond acceptors (Lipinski definition) is 3. The Balaban J connectivity index is 2.19. The maximum Gasteiger partial charge on any atom is 0.416 e. The number of halogens is 5. The molecule has 0 aromatic heterocycles. The minimum Gasteiger partial charge on any atom is -0.476 e. The Labute approximate surface area is 165 Å². The van der Waals surface area contributed by atoms with Crippen LogP contribution in [0.15, 0.2) is 48.5 Å². The van der Waals surface area contributed by atoms with Crippen molar-refractivity contribution in [2.24, 2.45) is 0 Å². The quantitative estimate of drug-likeness (QED) is 0.431. The van der Waals surface area contributed by atoms with Gasteiger partial charge in [-0.05, 0) is 64.1 Å². The monoisotopic (exact) mass is 416 g/mol. The first-order valence-corrected chi connectivity index (χ1v) is 8.79. The number of carbonyl (C=O) groups excluding carboxylic acids is 1. The lowest BCUT2D eigenvalue weighted by Crippen LogP contribution is -2.40. The number of carbonyl (C=O) groups is 1. The molecule has 158 valence electrons. The van der Waals surface area contributed by atoms with Crippen LogP contribution in [-0.2, 0) is 21.6 Å². The molecule has 0 spiro atoms. The highest BCUT2D eigenvalue weighted by molar-refractivity contribution is 5.79. The van der Waals surface area contributed by atoms with Crippen molar-refractivity contribution in [2.75, 3.05) is 0 Å². The van der Waals surface area contributed by atoms with Crippen molar-refractivity contribution in [3.8, 4) is 5.75 Å². The molecule has 0 N–H and O–H groups in total. The molecule has 29 heavy (non-hydrogen) atoms. The predicted molar refractivity (Wildman–Crippen MR) is 96.8 cm³/mol. The predicted octanol–water partition coefficient (Wildman–Crippen LogP) is 5.95. The van der Waals surface area contributed by atoms with Crippen LogP contribution in [0.1, 0.15) is 44.4 Å².